The van der Waals surface area contributed by atoms with Crippen LogP contribution in [0.5, 0.6) is 5.75 Å². The molecule has 0 aliphatic rings. The number of rotatable bonds is 6. The van der Waals surface area contributed by atoms with Gasteiger partial charge in [-0.05, 0) is 23.8 Å². The molecule has 2 aromatic carbocycles. The molecule has 0 aliphatic heterocycles. The van der Waals surface area contributed by atoms with E-state index < -0.39 is 17.6 Å². The number of hydrogen-bond acceptors (Lipinski definition) is 3. The van der Waals surface area contributed by atoms with Gasteiger partial charge in [0.15, 0.2) is 11.6 Å². The second kappa shape index (κ2) is 7.36. The third kappa shape index (κ3) is 3.91. The predicted molar refractivity (Wildman–Crippen MR) is 78.4 cm³/mol. The zero-order valence-electron chi connectivity index (χ0n) is 11.7. The number of ether oxygens (including phenoxy) is 2. The molecule has 0 unspecified atom stereocenters. The summed E-state index contributed by atoms with van der Waals surface area (Å²) in [4.78, 5) is 10.8. The Morgan fingerprint density at radius 3 is 2.50 bits per heavy atom. The van der Waals surface area contributed by atoms with Gasteiger partial charge in [0.25, 0.3) is 0 Å². The standard InChI is InChI=1S/C17H14F2O3/c1-2-16(20)22-11-10-21-13-8-6-12(7-9-13)14-4-3-5-15(18)17(14)19/h2-9H,1,10-11H2. The minimum atomic E-state index is -0.887. The normalized spacial score (nSPS) is 10.1. The lowest BCUT2D eigenvalue weighted by Gasteiger charge is -2.08. The largest absolute Gasteiger partial charge is 0.490 e. The van der Waals surface area contributed by atoms with Crippen LogP contribution < -0.4 is 4.74 Å². The van der Waals surface area contributed by atoms with Crippen molar-refractivity contribution >= 4 is 5.97 Å². The highest BCUT2D eigenvalue weighted by Gasteiger charge is 2.09. The first-order valence-electron chi connectivity index (χ1n) is 6.58. The minimum absolute atomic E-state index is 0.102. The van der Waals surface area contributed by atoms with Crippen molar-refractivity contribution in [2.75, 3.05) is 13.2 Å². The van der Waals surface area contributed by atoms with E-state index in [4.69, 9.17) is 9.47 Å². The van der Waals surface area contributed by atoms with Gasteiger partial charge in [0.05, 0.1) is 0 Å². The van der Waals surface area contributed by atoms with Crippen molar-refractivity contribution in [2.24, 2.45) is 0 Å². The first-order chi connectivity index (χ1) is 10.6. The second-order valence-electron chi connectivity index (χ2n) is 4.35. The third-order valence-electron chi connectivity index (χ3n) is 2.88. The van der Waals surface area contributed by atoms with Crippen LogP contribution in [0, 0.1) is 11.6 Å². The Bertz CT molecular complexity index is 666. The molecular weight excluding hydrogens is 290 g/mol. The molecule has 0 spiro atoms. The monoisotopic (exact) mass is 304 g/mol. The molecule has 0 fully saturated rings. The van der Waals surface area contributed by atoms with E-state index in [0.29, 0.717) is 11.3 Å². The fourth-order valence-corrected chi connectivity index (χ4v) is 1.82. The van der Waals surface area contributed by atoms with Gasteiger partial charge in [0.2, 0.25) is 0 Å². The molecule has 114 valence electrons. The Labute approximate surface area is 126 Å². The van der Waals surface area contributed by atoms with Gasteiger partial charge in [0, 0.05) is 11.6 Å². The number of esters is 1. The molecule has 0 radical (unpaired) electrons. The average Bonchev–Trinajstić information content (AvgIpc) is 2.54. The van der Waals surface area contributed by atoms with Crippen molar-refractivity contribution in [3.63, 3.8) is 0 Å². The van der Waals surface area contributed by atoms with Crippen molar-refractivity contribution in [1.82, 2.24) is 0 Å². The highest BCUT2D eigenvalue weighted by molar-refractivity contribution is 5.81. The Hall–Kier alpha value is -2.69. The van der Waals surface area contributed by atoms with Crippen LogP contribution in [0.1, 0.15) is 0 Å². The molecule has 2 rings (SSSR count). The second-order valence-corrected chi connectivity index (χ2v) is 4.35. The topological polar surface area (TPSA) is 35.5 Å². The Kier molecular flexibility index (Phi) is 5.25. The van der Waals surface area contributed by atoms with Crippen LogP contribution in [0.25, 0.3) is 11.1 Å². The Balaban J connectivity index is 1.97. The van der Waals surface area contributed by atoms with Gasteiger partial charge in [-0.2, -0.15) is 0 Å². The van der Waals surface area contributed by atoms with Gasteiger partial charge in [0.1, 0.15) is 19.0 Å². The Morgan fingerprint density at radius 1 is 1.09 bits per heavy atom. The maximum Gasteiger partial charge on any atom is 0.330 e. The van der Waals surface area contributed by atoms with Gasteiger partial charge in [-0.3, -0.25) is 0 Å². The maximum absolute atomic E-state index is 13.7. The van der Waals surface area contributed by atoms with Gasteiger partial charge in [-0.25, -0.2) is 13.6 Å². The summed E-state index contributed by atoms with van der Waals surface area (Å²) >= 11 is 0. The maximum atomic E-state index is 13.7. The molecule has 0 amide bonds. The molecule has 0 saturated carbocycles. The van der Waals surface area contributed by atoms with E-state index in [9.17, 15) is 13.6 Å². The van der Waals surface area contributed by atoms with Gasteiger partial charge in [-0.15, -0.1) is 0 Å². The summed E-state index contributed by atoms with van der Waals surface area (Å²) in [5.41, 5.74) is 0.730. The highest BCUT2D eigenvalue weighted by atomic mass is 19.2. The number of benzene rings is 2. The first kappa shape index (κ1) is 15.7. The molecule has 0 N–H and O–H groups in total. The highest BCUT2D eigenvalue weighted by Crippen LogP contribution is 2.26. The molecule has 0 aromatic heterocycles. The van der Waals surface area contributed by atoms with Crippen molar-refractivity contribution in [1.29, 1.82) is 0 Å². The molecule has 3 nitrogen and oxygen atoms in total. The smallest absolute Gasteiger partial charge is 0.330 e. The molecule has 0 bridgehead atoms. The zero-order chi connectivity index (χ0) is 15.9. The van der Waals surface area contributed by atoms with Gasteiger partial charge in [-0.1, -0.05) is 30.8 Å². The van der Waals surface area contributed by atoms with Crippen LogP contribution in [-0.2, 0) is 9.53 Å². The van der Waals surface area contributed by atoms with Crippen molar-refractivity contribution in [3.05, 3.63) is 66.8 Å². The third-order valence-corrected chi connectivity index (χ3v) is 2.88. The van der Waals surface area contributed by atoms with Crippen molar-refractivity contribution < 1.29 is 23.0 Å². The van der Waals surface area contributed by atoms with Crippen molar-refractivity contribution in [2.45, 2.75) is 0 Å². The fraction of sp³-hybridized carbons (Fsp3) is 0.118. The van der Waals surface area contributed by atoms with Crippen LogP contribution in [-0.4, -0.2) is 19.2 Å². The molecule has 0 saturated heterocycles. The average molecular weight is 304 g/mol. The molecule has 5 heteroatoms. The van der Waals surface area contributed by atoms with E-state index in [0.717, 1.165) is 12.1 Å². The first-order valence-corrected chi connectivity index (χ1v) is 6.58. The van der Waals surface area contributed by atoms with E-state index in [-0.39, 0.29) is 18.8 Å². The van der Waals surface area contributed by atoms with Gasteiger partial charge >= 0.3 is 5.97 Å². The van der Waals surface area contributed by atoms with E-state index in [1.54, 1.807) is 24.3 Å². The SMILES string of the molecule is C=CC(=O)OCCOc1ccc(-c2cccc(F)c2F)cc1. The van der Waals surface area contributed by atoms with Crippen LogP contribution in [0.2, 0.25) is 0 Å². The summed E-state index contributed by atoms with van der Waals surface area (Å²) in [7, 11) is 0. The summed E-state index contributed by atoms with van der Waals surface area (Å²) in [5.74, 6) is -1.75. The molecular formula is C17H14F2O3. The summed E-state index contributed by atoms with van der Waals surface area (Å²) < 4.78 is 37.0. The lowest BCUT2D eigenvalue weighted by atomic mass is 10.0. The Morgan fingerprint density at radius 2 is 1.82 bits per heavy atom. The summed E-state index contributed by atoms with van der Waals surface area (Å²) in [6.07, 6.45) is 1.07. The number of halogens is 2. The van der Waals surface area contributed by atoms with Crippen LogP contribution in [0.3, 0.4) is 0 Å². The van der Waals surface area contributed by atoms with E-state index in [2.05, 4.69) is 6.58 Å². The lowest BCUT2D eigenvalue weighted by molar-refractivity contribution is -0.138. The molecule has 2 aromatic rings. The van der Waals surface area contributed by atoms with Crippen LogP contribution in [0.4, 0.5) is 8.78 Å². The van der Waals surface area contributed by atoms with Gasteiger partial charge < -0.3 is 9.47 Å². The summed E-state index contributed by atoms with van der Waals surface area (Å²) in [6, 6.07) is 10.5. The molecule has 22 heavy (non-hydrogen) atoms. The van der Waals surface area contributed by atoms with Crippen LogP contribution in [0.15, 0.2) is 55.1 Å². The minimum Gasteiger partial charge on any atom is -0.490 e. The van der Waals surface area contributed by atoms with E-state index >= 15 is 0 Å². The molecule has 0 aliphatic carbocycles. The van der Waals surface area contributed by atoms with E-state index in [1.807, 2.05) is 0 Å². The number of hydrogen-bond donors (Lipinski definition) is 0. The quantitative estimate of drug-likeness (QED) is 0.463. The fourth-order valence-electron chi connectivity index (χ4n) is 1.82. The zero-order valence-corrected chi connectivity index (χ0v) is 11.7. The number of carbonyl (C=O) groups excluding carboxylic acids is 1. The van der Waals surface area contributed by atoms with E-state index in [1.165, 1.54) is 12.1 Å². The van der Waals surface area contributed by atoms with Crippen LogP contribution >= 0.6 is 0 Å². The predicted octanol–water partition coefficient (Wildman–Crippen LogP) is 3.74. The lowest BCUT2D eigenvalue weighted by Crippen LogP contribution is -2.10. The summed E-state index contributed by atoms with van der Waals surface area (Å²) in [5, 5.41) is 0. The molecule has 0 heterocycles. The number of carbonyl (C=O) groups is 1. The summed E-state index contributed by atoms with van der Waals surface area (Å²) in [6.45, 7) is 3.57. The van der Waals surface area contributed by atoms with Crippen molar-refractivity contribution in [3.8, 4) is 16.9 Å². The molecule has 0 atom stereocenters.